The van der Waals surface area contributed by atoms with Gasteiger partial charge < -0.3 is 4.98 Å². The Morgan fingerprint density at radius 2 is 2.00 bits per heavy atom. The third-order valence-corrected chi connectivity index (χ3v) is 3.87. The van der Waals surface area contributed by atoms with Crippen molar-refractivity contribution in [2.45, 2.75) is 6.92 Å². The molecule has 1 N–H and O–H groups in total. The predicted octanol–water partition coefficient (Wildman–Crippen LogP) is 4.61. The topological polar surface area (TPSA) is 32.9 Å². The Labute approximate surface area is 123 Å². The van der Waals surface area contributed by atoms with Crippen LogP contribution in [-0.2, 0) is 0 Å². The number of H-pyrrole nitrogens is 1. The van der Waals surface area contributed by atoms with Gasteiger partial charge in [-0.15, -0.1) is 0 Å². The van der Waals surface area contributed by atoms with Gasteiger partial charge >= 0.3 is 0 Å². The third-order valence-electron chi connectivity index (χ3n) is 3.26. The lowest BCUT2D eigenvalue weighted by Gasteiger charge is -2.02. The third kappa shape index (κ3) is 2.16. The van der Waals surface area contributed by atoms with Crippen molar-refractivity contribution < 1.29 is 9.18 Å². The van der Waals surface area contributed by atoms with E-state index in [0.717, 1.165) is 16.5 Å². The Hall–Kier alpha value is -1.94. The van der Waals surface area contributed by atoms with Gasteiger partial charge in [0.15, 0.2) is 5.78 Å². The van der Waals surface area contributed by atoms with Gasteiger partial charge in [-0.2, -0.15) is 0 Å². The smallest absolute Gasteiger partial charge is 0.195 e. The number of benzene rings is 2. The molecular weight excluding hydrogens is 321 g/mol. The van der Waals surface area contributed by atoms with Crippen LogP contribution in [0.1, 0.15) is 21.5 Å². The van der Waals surface area contributed by atoms with Crippen LogP contribution in [0.3, 0.4) is 0 Å². The zero-order valence-electron chi connectivity index (χ0n) is 10.7. The molecule has 0 aliphatic carbocycles. The highest BCUT2D eigenvalue weighted by molar-refractivity contribution is 9.10. The van der Waals surface area contributed by atoms with E-state index in [1.54, 1.807) is 6.20 Å². The molecule has 3 aromatic rings. The van der Waals surface area contributed by atoms with Crippen LogP contribution in [0.4, 0.5) is 4.39 Å². The van der Waals surface area contributed by atoms with Crippen molar-refractivity contribution >= 4 is 32.6 Å². The van der Waals surface area contributed by atoms with E-state index in [1.165, 1.54) is 18.2 Å². The van der Waals surface area contributed by atoms with Crippen LogP contribution in [-0.4, -0.2) is 10.8 Å². The number of fused-ring (bicyclic) bond motifs is 1. The number of ketones is 1. The van der Waals surface area contributed by atoms with Crippen molar-refractivity contribution in [3.8, 4) is 0 Å². The van der Waals surface area contributed by atoms with Crippen LogP contribution in [0.5, 0.6) is 0 Å². The van der Waals surface area contributed by atoms with Crippen LogP contribution in [0.2, 0.25) is 0 Å². The van der Waals surface area contributed by atoms with E-state index in [4.69, 9.17) is 0 Å². The van der Waals surface area contributed by atoms with E-state index < -0.39 is 0 Å². The van der Waals surface area contributed by atoms with E-state index in [9.17, 15) is 9.18 Å². The number of carbonyl (C=O) groups excluding carboxylic acids is 1. The maximum Gasteiger partial charge on any atom is 0.195 e. The van der Waals surface area contributed by atoms with Crippen molar-refractivity contribution in [2.24, 2.45) is 0 Å². The predicted molar refractivity (Wildman–Crippen MR) is 80.6 cm³/mol. The molecule has 0 spiro atoms. The lowest BCUT2D eigenvalue weighted by molar-refractivity contribution is 0.104. The van der Waals surface area contributed by atoms with Crippen LogP contribution >= 0.6 is 15.9 Å². The van der Waals surface area contributed by atoms with Crippen molar-refractivity contribution in [3.05, 3.63) is 69.6 Å². The van der Waals surface area contributed by atoms with Gasteiger partial charge in [0.2, 0.25) is 0 Å². The quantitative estimate of drug-likeness (QED) is 0.683. The Kier molecular flexibility index (Phi) is 3.18. The van der Waals surface area contributed by atoms with Gasteiger partial charge in [-0.25, -0.2) is 4.39 Å². The molecule has 20 heavy (non-hydrogen) atoms. The maximum absolute atomic E-state index is 13.2. The SMILES string of the molecule is Cc1ccc2[nH]cc(C(=O)c3ccc(F)c(Br)c3)c2c1. The molecule has 2 nitrogen and oxygen atoms in total. The highest BCUT2D eigenvalue weighted by Gasteiger charge is 2.15. The summed E-state index contributed by atoms with van der Waals surface area (Å²) in [6, 6.07) is 10.2. The molecule has 1 aromatic heterocycles. The minimum Gasteiger partial charge on any atom is -0.360 e. The fraction of sp³-hybridized carbons (Fsp3) is 0.0625. The Morgan fingerprint density at radius 1 is 1.20 bits per heavy atom. The average molecular weight is 332 g/mol. The van der Waals surface area contributed by atoms with Crippen molar-refractivity contribution in [1.29, 1.82) is 0 Å². The molecule has 2 aromatic carbocycles. The maximum atomic E-state index is 13.2. The lowest BCUT2D eigenvalue weighted by atomic mass is 10.0. The molecule has 0 saturated heterocycles. The van der Waals surface area contributed by atoms with Crippen LogP contribution < -0.4 is 0 Å². The molecule has 0 atom stereocenters. The first-order valence-electron chi connectivity index (χ1n) is 6.14. The summed E-state index contributed by atoms with van der Waals surface area (Å²) in [5.41, 5.74) is 3.06. The summed E-state index contributed by atoms with van der Waals surface area (Å²) in [4.78, 5) is 15.6. The second-order valence-corrected chi connectivity index (χ2v) is 5.56. The van der Waals surface area contributed by atoms with Gasteiger partial charge in [0.05, 0.1) is 4.47 Å². The van der Waals surface area contributed by atoms with Crippen molar-refractivity contribution in [2.75, 3.05) is 0 Å². The van der Waals surface area contributed by atoms with E-state index >= 15 is 0 Å². The minimum absolute atomic E-state index is 0.123. The molecule has 0 bridgehead atoms. The van der Waals surface area contributed by atoms with Crippen molar-refractivity contribution in [1.82, 2.24) is 4.98 Å². The van der Waals surface area contributed by atoms with Gasteiger partial charge in [-0.05, 0) is 53.2 Å². The minimum atomic E-state index is -0.378. The number of hydrogen-bond donors (Lipinski definition) is 1. The first-order valence-corrected chi connectivity index (χ1v) is 6.93. The molecule has 1 heterocycles. The highest BCUT2D eigenvalue weighted by atomic mass is 79.9. The summed E-state index contributed by atoms with van der Waals surface area (Å²) < 4.78 is 13.5. The summed E-state index contributed by atoms with van der Waals surface area (Å²) in [6.07, 6.45) is 1.70. The summed E-state index contributed by atoms with van der Waals surface area (Å²) >= 11 is 3.10. The van der Waals surface area contributed by atoms with E-state index in [-0.39, 0.29) is 11.6 Å². The number of nitrogens with one attached hydrogen (secondary N) is 1. The molecule has 0 amide bonds. The van der Waals surface area contributed by atoms with Crippen molar-refractivity contribution in [3.63, 3.8) is 0 Å². The summed E-state index contributed by atoms with van der Waals surface area (Å²) in [6.45, 7) is 1.98. The van der Waals surface area contributed by atoms with E-state index in [0.29, 0.717) is 15.6 Å². The molecule has 100 valence electrons. The number of aromatic amines is 1. The highest BCUT2D eigenvalue weighted by Crippen LogP contribution is 2.24. The monoisotopic (exact) mass is 331 g/mol. The molecule has 0 fully saturated rings. The summed E-state index contributed by atoms with van der Waals surface area (Å²) in [5, 5.41) is 0.885. The number of aryl methyl sites for hydroxylation is 1. The normalized spacial score (nSPS) is 10.9. The second-order valence-electron chi connectivity index (χ2n) is 4.71. The van der Waals surface area contributed by atoms with E-state index in [2.05, 4.69) is 20.9 Å². The molecule has 0 saturated carbocycles. The number of carbonyl (C=O) groups is 1. The molecule has 0 aliphatic rings. The van der Waals surface area contributed by atoms with Gasteiger partial charge in [0.25, 0.3) is 0 Å². The van der Waals surface area contributed by atoms with Gasteiger partial charge in [-0.3, -0.25) is 4.79 Å². The lowest BCUT2D eigenvalue weighted by Crippen LogP contribution is -2.00. The summed E-state index contributed by atoms with van der Waals surface area (Å²) in [5.74, 6) is -0.501. The first-order chi connectivity index (χ1) is 9.56. The standard InChI is InChI=1S/C16H11BrFNO/c1-9-2-5-15-11(6-9)12(8-19-15)16(20)10-3-4-14(18)13(17)7-10/h2-8,19H,1H3. The van der Waals surface area contributed by atoms with Crippen LogP contribution in [0.25, 0.3) is 10.9 Å². The zero-order valence-corrected chi connectivity index (χ0v) is 12.3. The zero-order chi connectivity index (χ0) is 14.3. The molecule has 0 unspecified atom stereocenters. The number of rotatable bonds is 2. The van der Waals surface area contributed by atoms with Gasteiger partial charge in [0, 0.05) is 28.2 Å². The Balaban J connectivity index is 2.12. The number of halogens is 2. The fourth-order valence-corrected chi connectivity index (χ4v) is 2.59. The second kappa shape index (κ2) is 4.87. The molecule has 4 heteroatoms. The molecular formula is C16H11BrFNO. The largest absolute Gasteiger partial charge is 0.360 e. The Morgan fingerprint density at radius 3 is 2.75 bits per heavy atom. The fourth-order valence-electron chi connectivity index (χ4n) is 2.22. The molecule has 3 rings (SSSR count). The van der Waals surface area contributed by atoms with Gasteiger partial charge in [-0.1, -0.05) is 11.6 Å². The molecule has 0 radical (unpaired) electrons. The van der Waals surface area contributed by atoms with Crippen LogP contribution in [0.15, 0.2) is 47.1 Å². The van der Waals surface area contributed by atoms with Gasteiger partial charge in [0.1, 0.15) is 5.82 Å². The Bertz CT molecular complexity index is 822. The van der Waals surface area contributed by atoms with Crippen LogP contribution in [0, 0.1) is 12.7 Å². The first kappa shape index (κ1) is 13.1. The average Bonchev–Trinajstić information content (AvgIpc) is 2.84. The number of hydrogen-bond acceptors (Lipinski definition) is 1. The number of aromatic nitrogens is 1. The van der Waals surface area contributed by atoms with E-state index in [1.807, 2.05) is 25.1 Å². The molecule has 0 aliphatic heterocycles. The summed E-state index contributed by atoms with van der Waals surface area (Å²) in [7, 11) is 0.